The first-order chi connectivity index (χ1) is 19.4. The minimum atomic E-state index is -4.60. The van der Waals surface area contributed by atoms with E-state index in [1.165, 1.54) is 11.2 Å². The Morgan fingerprint density at radius 2 is 1.88 bits per heavy atom. The Kier molecular flexibility index (Phi) is 9.18. The second-order valence-electron chi connectivity index (χ2n) is 10.3. The van der Waals surface area contributed by atoms with E-state index in [-0.39, 0.29) is 23.6 Å². The van der Waals surface area contributed by atoms with Crippen molar-refractivity contribution in [3.63, 3.8) is 0 Å². The highest BCUT2D eigenvalue weighted by molar-refractivity contribution is 6.03. The number of hydrogen-bond donors (Lipinski definition) is 4. The number of carbonyl (C=O) groups excluding carboxylic acids is 1. The fourth-order valence-corrected chi connectivity index (χ4v) is 4.63. The van der Waals surface area contributed by atoms with Crippen molar-refractivity contribution in [1.29, 1.82) is 5.41 Å². The van der Waals surface area contributed by atoms with Crippen LogP contribution in [0.3, 0.4) is 0 Å². The van der Waals surface area contributed by atoms with Gasteiger partial charge in [-0.25, -0.2) is 5.84 Å². The lowest BCUT2D eigenvalue weighted by Gasteiger charge is -2.35. The van der Waals surface area contributed by atoms with Gasteiger partial charge in [-0.1, -0.05) is 0 Å². The average molecular weight is 570 g/mol. The maximum Gasteiger partial charge on any atom is 0.416 e. The fourth-order valence-electron chi connectivity index (χ4n) is 4.63. The van der Waals surface area contributed by atoms with Gasteiger partial charge in [0.2, 0.25) is 0 Å². The first-order valence-corrected chi connectivity index (χ1v) is 13.3. The summed E-state index contributed by atoms with van der Waals surface area (Å²) in [4.78, 5) is 27.3. The summed E-state index contributed by atoms with van der Waals surface area (Å²) in [6, 6.07) is 5.76. The molecular weight excluding hydrogens is 535 g/mol. The van der Waals surface area contributed by atoms with Crippen LogP contribution in [0, 0.1) is 12.3 Å². The first-order valence-electron chi connectivity index (χ1n) is 13.3. The molecule has 1 aliphatic rings. The molecule has 0 spiro atoms. The molecule has 0 aromatic carbocycles. The fraction of sp³-hybridized carbons (Fsp3) is 0.393. The molecule has 1 fully saturated rings. The standard InChI is InChI=1S/C28H34F3N9O/c1-17(2)39-8-5-21(6-9-39)37-22-10-19(13-34-14-22)24(32)16-40(33)26-12-23(15-36-18(26)3)38-27(41)25-11-20(4-7-35-25)28(29,30)31/h4,7,10-15,17,21,32,37H,5-6,8-9,16,33H2,1-3H3,(H,38,41). The van der Waals surface area contributed by atoms with Gasteiger partial charge >= 0.3 is 6.18 Å². The van der Waals surface area contributed by atoms with Crippen molar-refractivity contribution in [2.45, 2.75) is 51.9 Å². The molecule has 218 valence electrons. The Morgan fingerprint density at radius 1 is 1.15 bits per heavy atom. The third-order valence-electron chi connectivity index (χ3n) is 6.99. The van der Waals surface area contributed by atoms with Crippen LogP contribution in [-0.4, -0.2) is 63.2 Å². The van der Waals surface area contributed by atoms with E-state index in [1.807, 2.05) is 6.07 Å². The molecule has 5 N–H and O–H groups in total. The molecule has 0 bridgehead atoms. The van der Waals surface area contributed by atoms with E-state index < -0.39 is 17.6 Å². The maximum atomic E-state index is 13.0. The highest BCUT2D eigenvalue weighted by Crippen LogP contribution is 2.29. The molecule has 13 heteroatoms. The predicted octanol–water partition coefficient (Wildman–Crippen LogP) is 4.48. The lowest BCUT2D eigenvalue weighted by Crippen LogP contribution is -2.42. The second-order valence-corrected chi connectivity index (χ2v) is 10.3. The molecule has 3 aromatic rings. The summed E-state index contributed by atoms with van der Waals surface area (Å²) in [7, 11) is 0. The van der Waals surface area contributed by atoms with Crippen molar-refractivity contribution >= 4 is 28.7 Å². The summed E-state index contributed by atoms with van der Waals surface area (Å²) in [5, 5.41) is 16.0. The Labute approximate surface area is 236 Å². The average Bonchev–Trinajstić information content (AvgIpc) is 2.94. The van der Waals surface area contributed by atoms with E-state index in [9.17, 15) is 18.0 Å². The van der Waals surface area contributed by atoms with Gasteiger partial charge in [-0.15, -0.1) is 0 Å². The monoisotopic (exact) mass is 569 g/mol. The van der Waals surface area contributed by atoms with Crippen molar-refractivity contribution < 1.29 is 18.0 Å². The lowest BCUT2D eigenvalue weighted by molar-refractivity contribution is -0.137. The number of aromatic nitrogens is 3. The number of pyridine rings is 3. The van der Waals surface area contributed by atoms with E-state index in [0.717, 1.165) is 43.9 Å². The van der Waals surface area contributed by atoms with Gasteiger partial charge in [0.05, 0.1) is 46.8 Å². The zero-order valence-corrected chi connectivity index (χ0v) is 23.2. The number of halogens is 3. The molecular formula is C28H34F3N9O. The molecule has 0 aliphatic carbocycles. The number of carbonyl (C=O) groups is 1. The van der Waals surface area contributed by atoms with Gasteiger partial charge in [0, 0.05) is 49.3 Å². The van der Waals surface area contributed by atoms with Gasteiger partial charge in [0.25, 0.3) is 5.91 Å². The Bertz CT molecular complexity index is 1390. The molecule has 1 amide bonds. The summed E-state index contributed by atoms with van der Waals surface area (Å²) < 4.78 is 39.1. The highest BCUT2D eigenvalue weighted by atomic mass is 19.4. The van der Waals surface area contributed by atoms with E-state index in [2.05, 4.69) is 44.3 Å². The van der Waals surface area contributed by atoms with E-state index in [1.54, 1.807) is 25.4 Å². The molecule has 0 saturated carbocycles. The first kappa shape index (κ1) is 29.9. The van der Waals surface area contributed by atoms with Crippen LogP contribution >= 0.6 is 0 Å². The van der Waals surface area contributed by atoms with E-state index in [4.69, 9.17) is 11.3 Å². The largest absolute Gasteiger partial charge is 0.416 e. The molecule has 3 aromatic heterocycles. The van der Waals surface area contributed by atoms with Gasteiger partial charge in [-0.05, 0) is 57.9 Å². The van der Waals surface area contributed by atoms with Crippen LogP contribution in [-0.2, 0) is 6.18 Å². The van der Waals surface area contributed by atoms with Gasteiger partial charge in [0.15, 0.2) is 0 Å². The number of anilines is 3. The minimum absolute atomic E-state index is 0.0208. The molecule has 10 nitrogen and oxygen atoms in total. The summed E-state index contributed by atoms with van der Waals surface area (Å²) in [6.45, 7) is 8.21. The number of likely N-dealkylation sites (tertiary alicyclic amines) is 1. The highest BCUT2D eigenvalue weighted by Gasteiger charge is 2.31. The van der Waals surface area contributed by atoms with Gasteiger partial charge < -0.3 is 26.0 Å². The van der Waals surface area contributed by atoms with Crippen LogP contribution in [0.5, 0.6) is 0 Å². The Morgan fingerprint density at radius 3 is 2.56 bits per heavy atom. The molecule has 4 rings (SSSR count). The number of rotatable bonds is 9. The topological polar surface area (TPSA) is 136 Å². The van der Waals surface area contributed by atoms with Gasteiger partial charge in [0.1, 0.15) is 5.69 Å². The van der Waals surface area contributed by atoms with E-state index >= 15 is 0 Å². The van der Waals surface area contributed by atoms with Crippen molar-refractivity contribution in [1.82, 2.24) is 19.9 Å². The van der Waals surface area contributed by atoms with E-state index in [0.29, 0.717) is 35.1 Å². The molecule has 4 heterocycles. The number of alkyl halides is 3. The molecule has 0 radical (unpaired) electrons. The third kappa shape index (κ3) is 7.76. The molecule has 0 unspecified atom stereocenters. The van der Waals surface area contributed by atoms with Gasteiger partial charge in [-0.3, -0.25) is 19.7 Å². The normalized spacial score (nSPS) is 14.6. The SMILES string of the molecule is Cc1ncc(NC(=O)c2cc(C(F)(F)F)ccn2)cc1N(N)CC(=N)c1cncc(NC2CCN(C(C)C)CC2)c1. The quantitative estimate of drug-likeness (QED) is 0.168. The zero-order valence-electron chi connectivity index (χ0n) is 23.2. The number of aryl methyl sites for hydroxylation is 1. The maximum absolute atomic E-state index is 13.0. The van der Waals surface area contributed by atoms with Crippen LogP contribution < -0.4 is 21.5 Å². The van der Waals surface area contributed by atoms with Crippen molar-refractivity contribution in [3.05, 3.63) is 71.6 Å². The lowest BCUT2D eigenvalue weighted by atomic mass is 10.0. The number of nitrogens with two attached hydrogens (primary N) is 1. The molecule has 1 aliphatic heterocycles. The molecule has 0 atom stereocenters. The van der Waals surface area contributed by atoms with Crippen molar-refractivity contribution in [2.75, 3.05) is 35.3 Å². The predicted molar refractivity (Wildman–Crippen MR) is 152 cm³/mol. The summed E-state index contributed by atoms with van der Waals surface area (Å²) >= 11 is 0. The Balaban J connectivity index is 1.40. The third-order valence-corrected chi connectivity index (χ3v) is 6.99. The van der Waals surface area contributed by atoms with Crippen LogP contribution in [0.1, 0.15) is 54.0 Å². The van der Waals surface area contributed by atoms with Crippen molar-refractivity contribution in [3.8, 4) is 0 Å². The molecule has 41 heavy (non-hydrogen) atoms. The summed E-state index contributed by atoms with van der Waals surface area (Å²) in [5.74, 6) is 5.47. The Hall–Kier alpha value is -4.10. The van der Waals surface area contributed by atoms with Gasteiger partial charge in [-0.2, -0.15) is 13.2 Å². The number of amides is 1. The smallest absolute Gasteiger partial charge is 0.381 e. The van der Waals surface area contributed by atoms with Crippen molar-refractivity contribution in [2.24, 2.45) is 5.84 Å². The number of hydrogen-bond acceptors (Lipinski definition) is 9. The summed E-state index contributed by atoms with van der Waals surface area (Å²) in [6.07, 6.45) is 3.10. The minimum Gasteiger partial charge on any atom is -0.381 e. The number of piperidine rings is 1. The number of hydrazine groups is 1. The number of nitrogens with zero attached hydrogens (tertiary/aromatic N) is 5. The second kappa shape index (κ2) is 12.6. The van der Waals surface area contributed by atoms with Crippen LogP contribution in [0.4, 0.5) is 30.2 Å². The van der Waals surface area contributed by atoms with Crippen LogP contribution in [0.15, 0.2) is 49.1 Å². The summed E-state index contributed by atoms with van der Waals surface area (Å²) in [5.41, 5.74) is 1.49. The number of nitrogens with one attached hydrogen (secondary N) is 3. The van der Waals surface area contributed by atoms with Crippen LogP contribution in [0.25, 0.3) is 0 Å². The zero-order chi connectivity index (χ0) is 29.7. The molecule has 1 saturated heterocycles. The van der Waals surface area contributed by atoms with Crippen LogP contribution in [0.2, 0.25) is 0 Å².